The predicted octanol–water partition coefficient (Wildman–Crippen LogP) is 5.26. The van der Waals surface area contributed by atoms with Crippen molar-refractivity contribution in [3.05, 3.63) is 77.7 Å². The number of anilines is 1. The van der Waals surface area contributed by atoms with Crippen LogP contribution in [0.15, 0.2) is 70.2 Å². The Morgan fingerprint density at radius 3 is 2.58 bits per heavy atom. The SMILES string of the molecule is CC(C)c1cccc2sc(N(Cc3ccco3)C(=O)c3cccc(S(C)(=O)=O)c3)nc12. The normalized spacial score (nSPS) is 11.9. The van der Waals surface area contributed by atoms with Crippen molar-refractivity contribution in [1.29, 1.82) is 0 Å². The second-order valence-electron chi connectivity index (χ2n) is 7.62. The lowest BCUT2D eigenvalue weighted by Gasteiger charge is -2.19. The fourth-order valence-corrected chi connectivity index (χ4v) is 5.00. The molecule has 6 nitrogen and oxygen atoms in total. The van der Waals surface area contributed by atoms with E-state index in [1.165, 1.54) is 28.4 Å². The molecule has 0 saturated heterocycles. The number of para-hydroxylation sites is 1. The Balaban J connectivity index is 1.81. The van der Waals surface area contributed by atoms with Crippen LogP contribution in [0.4, 0.5) is 5.13 Å². The molecule has 0 saturated carbocycles. The molecule has 1 amide bonds. The van der Waals surface area contributed by atoms with E-state index in [0.717, 1.165) is 22.0 Å². The summed E-state index contributed by atoms with van der Waals surface area (Å²) in [6.45, 7) is 4.40. The Kier molecular flexibility index (Phi) is 5.68. The number of hydrogen-bond donors (Lipinski definition) is 0. The predicted molar refractivity (Wildman–Crippen MR) is 122 cm³/mol. The number of benzene rings is 2. The van der Waals surface area contributed by atoms with Crippen LogP contribution in [-0.2, 0) is 16.4 Å². The largest absolute Gasteiger partial charge is 0.467 e. The van der Waals surface area contributed by atoms with Crippen molar-refractivity contribution < 1.29 is 17.6 Å². The van der Waals surface area contributed by atoms with Gasteiger partial charge in [0.05, 0.1) is 27.9 Å². The van der Waals surface area contributed by atoms with Crippen LogP contribution in [0.3, 0.4) is 0 Å². The summed E-state index contributed by atoms with van der Waals surface area (Å²) in [5.41, 5.74) is 2.27. The highest BCUT2D eigenvalue weighted by molar-refractivity contribution is 7.90. The highest BCUT2D eigenvalue weighted by atomic mass is 32.2. The number of aromatic nitrogens is 1. The van der Waals surface area contributed by atoms with E-state index >= 15 is 0 Å². The van der Waals surface area contributed by atoms with Crippen LogP contribution < -0.4 is 4.90 Å². The van der Waals surface area contributed by atoms with Gasteiger partial charge in [0.25, 0.3) is 5.91 Å². The van der Waals surface area contributed by atoms with E-state index in [9.17, 15) is 13.2 Å². The summed E-state index contributed by atoms with van der Waals surface area (Å²) in [4.78, 5) is 19.9. The first-order valence-corrected chi connectivity index (χ1v) is 12.5. The molecular weight excluding hydrogens is 432 g/mol. The molecule has 0 spiro atoms. The van der Waals surface area contributed by atoms with Gasteiger partial charge in [-0.2, -0.15) is 0 Å². The van der Waals surface area contributed by atoms with Gasteiger partial charge in [-0.25, -0.2) is 13.4 Å². The van der Waals surface area contributed by atoms with Gasteiger partial charge >= 0.3 is 0 Å². The van der Waals surface area contributed by atoms with Crippen LogP contribution in [0.2, 0.25) is 0 Å². The fourth-order valence-electron chi connectivity index (χ4n) is 3.34. The standard InChI is InChI=1S/C23H22N2O4S2/c1-15(2)19-10-5-11-20-21(19)24-23(30-20)25(14-17-8-6-12-29-17)22(26)16-7-4-9-18(13-16)31(3,27)28/h4-13,15H,14H2,1-3H3. The summed E-state index contributed by atoms with van der Waals surface area (Å²) in [5.74, 6) is 0.558. The molecule has 0 radical (unpaired) electrons. The molecule has 0 unspecified atom stereocenters. The Bertz CT molecular complexity index is 1340. The summed E-state index contributed by atoms with van der Waals surface area (Å²) in [6.07, 6.45) is 2.68. The van der Waals surface area contributed by atoms with Gasteiger partial charge in [-0.05, 0) is 47.9 Å². The molecule has 0 atom stereocenters. The van der Waals surface area contributed by atoms with Crippen molar-refractivity contribution in [1.82, 2.24) is 4.98 Å². The van der Waals surface area contributed by atoms with Crippen LogP contribution >= 0.6 is 11.3 Å². The lowest BCUT2D eigenvalue weighted by Crippen LogP contribution is -2.30. The lowest BCUT2D eigenvalue weighted by molar-refractivity contribution is 0.0983. The number of rotatable bonds is 6. The van der Waals surface area contributed by atoms with Gasteiger partial charge < -0.3 is 4.42 Å². The minimum Gasteiger partial charge on any atom is -0.467 e. The number of nitrogens with zero attached hydrogens (tertiary/aromatic N) is 2. The number of carbonyl (C=O) groups is 1. The van der Waals surface area contributed by atoms with Crippen LogP contribution in [0.5, 0.6) is 0 Å². The topological polar surface area (TPSA) is 80.5 Å². The molecule has 8 heteroatoms. The third-order valence-electron chi connectivity index (χ3n) is 4.94. The van der Waals surface area contributed by atoms with Crippen molar-refractivity contribution in [3.8, 4) is 0 Å². The highest BCUT2D eigenvalue weighted by Gasteiger charge is 2.24. The Hall–Kier alpha value is -2.97. The molecule has 0 bridgehead atoms. The van der Waals surface area contributed by atoms with Crippen LogP contribution in [0.1, 0.15) is 41.4 Å². The molecular formula is C23H22N2O4S2. The van der Waals surface area contributed by atoms with Gasteiger partial charge in [-0.1, -0.05) is 43.4 Å². The monoisotopic (exact) mass is 454 g/mol. The molecule has 160 valence electrons. The third-order valence-corrected chi connectivity index (χ3v) is 7.09. The molecule has 0 aliphatic heterocycles. The summed E-state index contributed by atoms with van der Waals surface area (Å²) < 4.78 is 30.4. The van der Waals surface area contributed by atoms with Gasteiger partial charge in [0.2, 0.25) is 0 Å². The van der Waals surface area contributed by atoms with E-state index in [4.69, 9.17) is 9.40 Å². The minimum absolute atomic E-state index is 0.0997. The van der Waals surface area contributed by atoms with Crippen molar-refractivity contribution >= 4 is 42.4 Å². The van der Waals surface area contributed by atoms with Crippen molar-refractivity contribution in [2.75, 3.05) is 11.2 Å². The number of hydrogen-bond acceptors (Lipinski definition) is 6. The highest BCUT2D eigenvalue weighted by Crippen LogP contribution is 2.35. The number of thiazole rings is 1. The van der Waals surface area contributed by atoms with Crippen LogP contribution in [0.25, 0.3) is 10.2 Å². The molecule has 2 heterocycles. The van der Waals surface area contributed by atoms with E-state index in [2.05, 4.69) is 13.8 Å². The average molecular weight is 455 g/mol. The van der Waals surface area contributed by atoms with Crippen molar-refractivity contribution in [2.45, 2.75) is 31.2 Å². The van der Waals surface area contributed by atoms with Gasteiger partial charge in [0.15, 0.2) is 15.0 Å². The summed E-state index contributed by atoms with van der Waals surface area (Å²) in [5, 5.41) is 0.536. The van der Waals surface area contributed by atoms with Crippen molar-refractivity contribution in [2.24, 2.45) is 0 Å². The first kappa shape index (κ1) is 21.3. The number of furan rings is 1. The zero-order valence-electron chi connectivity index (χ0n) is 17.4. The van der Waals surface area contributed by atoms with Gasteiger partial charge in [0.1, 0.15) is 5.76 Å². The minimum atomic E-state index is -3.44. The molecule has 2 aromatic heterocycles. The number of carbonyl (C=O) groups excluding carboxylic acids is 1. The Labute approximate surface area is 185 Å². The second-order valence-corrected chi connectivity index (χ2v) is 10.6. The van der Waals surface area contributed by atoms with Crippen LogP contribution in [0, 0.1) is 0 Å². The molecule has 4 rings (SSSR count). The van der Waals surface area contributed by atoms with E-state index in [0.29, 0.717) is 16.8 Å². The smallest absolute Gasteiger partial charge is 0.260 e. The molecule has 0 fully saturated rings. The molecule has 2 aromatic carbocycles. The maximum Gasteiger partial charge on any atom is 0.260 e. The summed E-state index contributed by atoms with van der Waals surface area (Å²) >= 11 is 1.43. The van der Waals surface area contributed by atoms with Gasteiger partial charge in [-0.15, -0.1) is 0 Å². The fraction of sp³-hybridized carbons (Fsp3) is 0.217. The quantitative estimate of drug-likeness (QED) is 0.397. The lowest BCUT2D eigenvalue weighted by atomic mass is 10.0. The van der Waals surface area contributed by atoms with Gasteiger partial charge in [-0.3, -0.25) is 9.69 Å². The Morgan fingerprint density at radius 1 is 1.13 bits per heavy atom. The van der Waals surface area contributed by atoms with Crippen molar-refractivity contribution in [3.63, 3.8) is 0 Å². The molecule has 31 heavy (non-hydrogen) atoms. The van der Waals surface area contributed by atoms with Crippen LogP contribution in [-0.4, -0.2) is 25.6 Å². The third kappa shape index (κ3) is 4.40. The zero-order valence-corrected chi connectivity index (χ0v) is 19.0. The molecule has 4 aromatic rings. The number of sulfone groups is 1. The first-order valence-electron chi connectivity index (χ1n) is 9.78. The number of amides is 1. The summed E-state index contributed by atoms with van der Waals surface area (Å²) in [6, 6.07) is 15.6. The van der Waals surface area contributed by atoms with E-state index in [1.807, 2.05) is 18.2 Å². The maximum absolute atomic E-state index is 13.5. The maximum atomic E-state index is 13.5. The van der Waals surface area contributed by atoms with Gasteiger partial charge in [0, 0.05) is 11.8 Å². The second kappa shape index (κ2) is 8.28. The molecule has 0 aliphatic carbocycles. The Morgan fingerprint density at radius 2 is 1.90 bits per heavy atom. The zero-order chi connectivity index (χ0) is 22.2. The van der Waals surface area contributed by atoms with E-state index < -0.39 is 9.84 Å². The van der Waals surface area contributed by atoms with E-state index in [1.54, 1.807) is 30.5 Å². The first-order chi connectivity index (χ1) is 14.7. The number of fused-ring (bicyclic) bond motifs is 1. The average Bonchev–Trinajstić information content (AvgIpc) is 3.40. The molecule has 0 aliphatic rings. The molecule has 0 N–H and O–H groups in total. The van der Waals surface area contributed by atoms with E-state index in [-0.39, 0.29) is 22.9 Å². The summed E-state index contributed by atoms with van der Waals surface area (Å²) in [7, 11) is -3.44.